The molecule has 0 radical (unpaired) electrons. The number of carbonyl (C=O) groups excluding carboxylic acids is 1. The molecule has 8 heteroatoms. The van der Waals surface area contributed by atoms with Gasteiger partial charge in [0.1, 0.15) is 10.7 Å². The van der Waals surface area contributed by atoms with Gasteiger partial charge >= 0.3 is 0 Å². The van der Waals surface area contributed by atoms with E-state index in [0.29, 0.717) is 18.9 Å². The number of piperidine rings is 1. The van der Waals surface area contributed by atoms with Crippen molar-refractivity contribution in [2.45, 2.75) is 31.1 Å². The van der Waals surface area contributed by atoms with Gasteiger partial charge in [-0.05, 0) is 38.4 Å². The van der Waals surface area contributed by atoms with Gasteiger partial charge in [0.15, 0.2) is 0 Å². The van der Waals surface area contributed by atoms with Crippen LogP contribution in [-0.2, 0) is 14.8 Å². The Balaban J connectivity index is 2.05. The molecule has 2 rings (SSSR count). The van der Waals surface area contributed by atoms with E-state index < -0.39 is 10.0 Å². The second-order valence-electron chi connectivity index (χ2n) is 5.64. The molecule has 1 aliphatic heterocycles. The third-order valence-electron chi connectivity index (χ3n) is 3.97. The Morgan fingerprint density at radius 1 is 1.43 bits per heavy atom. The molecule has 128 valence electrons. The maximum Gasteiger partial charge on any atom is 0.241 e. The number of hydrogen-bond donors (Lipinski definition) is 2. The SMILES string of the molecule is CCCNC(=O)C1CCCN(c2ccc(S(=O)(=O)NC)cn2)C1. The average molecular weight is 340 g/mol. The summed E-state index contributed by atoms with van der Waals surface area (Å²) in [5.74, 6) is 0.747. The number of amides is 1. The van der Waals surface area contributed by atoms with E-state index in [4.69, 9.17) is 0 Å². The first-order valence-electron chi connectivity index (χ1n) is 7.90. The highest BCUT2D eigenvalue weighted by atomic mass is 32.2. The summed E-state index contributed by atoms with van der Waals surface area (Å²) < 4.78 is 25.7. The van der Waals surface area contributed by atoms with Crippen LogP contribution in [0.4, 0.5) is 5.82 Å². The van der Waals surface area contributed by atoms with Crippen molar-refractivity contribution >= 4 is 21.7 Å². The molecule has 0 spiro atoms. The maximum absolute atomic E-state index is 12.1. The zero-order valence-corrected chi connectivity index (χ0v) is 14.4. The molecule has 1 saturated heterocycles. The number of rotatable bonds is 6. The van der Waals surface area contributed by atoms with Gasteiger partial charge in [-0.25, -0.2) is 18.1 Å². The highest BCUT2D eigenvalue weighted by Crippen LogP contribution is 2.22. The highest BCUT2D eigenvalue weighted by molar-refractivity contribution is 7.89. The molecule has 0 aliphatic carbocycles. The van der Waals surface area contributed by atoms with Gasteiger partial charge in [0.2, 0.25) is 15.9 Å². The second-order valence-corrected chi connectivity index (χ2v) is 7.52. The lowest BCUT2D eigenvalue weighted by atomic mass is 9.97. The van der Waals surface area contributed by atoms with Gasteiger partial charge < -0.3 is 10.2 Å². The van der Waals surface area contributed by atoms with Crippen molar-refractivity contribution in [3.05, 3.63) is 18.3 Å². The monoisotopic (exact) mass is 340 g/mol. The third-order valence-corrected chi connectivity index (χ3v) is 5.36. The van der Waals surface area contributed by atoms with E-state index in [0.717, 1.165) is 25.8 Å². The molecular formula is C15H24N4O3S. The van der Waals surface area contributed by atoms with Gasteiger partial charge in [0, 0.05) is 25.8 Å². The van der Waals surface area contributed by atoms with Crippen molar-refractivity contribution in [2.75, 3.05) is 31.6 Å². The van der Waals surface area contributed by atoms with Crippen molar-refractivity contribution in [3.8, 4) is 0 Å². The van der Waals surface area contributed by atoms with E-state index in [9.17, 15) is 13.2 Å². The summed E-state index contributed by atoms with van der Waals surface area (Å²) in [6, 6.07) is 3.23. The quantitative estimate of drug-likeness (QED) is 0.797. The minimum Gasteiger partial charge on any atom is -0.356 e. The van der Waals surface area contributed by atoms with Crippen molar-refractivity contribution < 1.29 is 13.2 Å². The lowest BCUT2D eigenvalue weighted by Gasteiger charge is -2.32. The van der Waals surface area contributed by atoms with Gasteiger partial charge in [0.05, 0.1) is 5.92 Å². The van der Waals surface area contributed by atoms with Gasteiger partial charge in [0.25, 0.3) is 0 Å². The Morgan fingerprint density at radius 3 is 2.83 bits per heavy atom. The van der Waals surface area contributed by atoms with Crippen LogP contribution in [0, 0.1) is 5.92 Å². The Bertz CT molecular complexity index is 631. The molecule has 7 nitrogen and oxygen atoms in total. The Labute approximate surface area is 137 Å². The topological polar surface area (TPSA) is 91.4 Å². The van der Waals surface area contributed by atoms with E-state index >= 15 is 0 Å². The molecule has 1 atom stereocenters. The molecule has 2 heterocycles. The standard InChI is InChI=1S/C15H24N4O3S/c1-3-8-17-15(20)12-5-4-9-19(11-12)14-7-6-13(10-18-14)23(21,22)16-2/h6-7,10,12,16H,3-5,8-9,11H2,1-2H3,(H,17,20). The molecule has 1 fully saturated rings. The zero-order chi connectivity index (χ0) is 16.9. The summed E-state index contributed by atoms with van der Waals surface area (Å²) in [5, 5.41) is 2.94. The summed E-state index contributed by atoms with van der Waals surface area (Å²) in [6.45, 7) is 4.16. The van der Waals surface area contributed by atoms with Gasteiger partial charge in [-0.3, -0.25) is 4.79 Å². The minimum absolute atomic E-state index is 0.0437. The van der Waals surface area contributed by atoms with Crippen molar-refractivity contribution in [3.63, 3.8) is 0 Å². The Kier molecular flexibility index (Phi) is 5.95. The average Bonchev–Trinajstić information content (AvgIpc) is 2.60. The lowest BCUT2D eigenvalue weighted by molar-refractivity contribution is -0.125. The molecule has 23 heavy (non-hydrogen) atoms. The molecule has 1 aliphatic rings. The molecule has 0 bridgehead atoms. The normalized spacial score (nSPS) is 18.7. The van der Waals surface area contributed by atoms with Gasteiger partial charge in [-0.2, -0.15) is 0 Å². The predicted octanol–water partition coefficient (Wildman–Crippen LogP) is 0.732. The largest absolute Gasteiger partial charge is 0.356 e. The maximum atomic E-state index is 12.1. The van der Waals surface area contributed by atoms with E-state index in [-0.39, 0.29) is 16.7 Å². The highest BCUT2D eigenvalue weighted by Gasteiger charge is 2.26. The molecular weight excluding hydrogens is 316 g/mol. The third kappa shape index (κ3) is 4.42. The van der Waals surface area contributed by atoms with Gasteiger partial charge in [-0.1, -0.05) is 6.92 Å². The number of nitrogens with one attached hydrogen (secondary N) is 2. The van der Waals surface area contributed by atoms with Crippen molar-refractivity contribution in [1.82, 2.24) is 15.0 Å². The fraction of sp³-hybridized carbons (Fsp3) is 0.600. The van der Waals surface area contributed by atoms with E-state index in [2.05, 4.69) is 15.0 Å². The smallest absolute Gasteiger partial charge is 0.241 e. The molecule has 1 amide bonds. The Hall–Kier alpha value is -1.67. The van der Waals surface area contributed by atoms with Crippen LogP contribution in [-0.4, -0.2) is 46.0 Å². The van der Waals surface area contributed by atoms with Crippen LogP contribution in [0.2, 0.25) is 0 Å². The number of sulfonamides is 1. The van der Waals surface area contributed by atoms with Crippen LogP contribution < -0.4 is 14.9 Å². The number of anilines is 1. The number of pyridine rings is 1. The number of aromatic nitrogens is 1. The summed E-state index contributed by atoms with van der Waals surface area (Å²) in [4.78, 5) is 18.5. The summed E-state index contributed by atoms with van der Waals surface area (Å²) in [7, 11) is -2.11. The summed E-state index contributed by atoms with van der Waals surface area (Å²) >= 11 is 0. The lowest BCUT2D eigenvalue weighted by Crippen LogP contribution is -2.43. The predicted molar refractivity (Wildman–Crippen MR) is 88.7 cm³/mol. The second kappa shape index (κ2) is 7.74. The van der Waals surface area contributed by atoms with Crippen LogP contribution in [0.5, 0.6) is 0 Å². The van der Waals surface area contributed by atoms with E-state index in [1.165, 1.54) is 19.3 Å². The van der Waals surface area contributed by atoms with Crippen LogP contribution >= 0.6 is 0 Å². The first kappa shape index (κ1) is 17.7. The Morgan fingerprint density at radius 2 is 2.22 bits per heavy atom. The molecule has 2 N–H and O–H groups in total. The first-order valence-corrected chi connectivity index (χ1v) is 9.38. The van der Waals surface area contributed by atoms with E-state index in [1.807, 2.05) is 11.8 Å². The summed E-state index contributed by atoms with van der Waals surface area (Å²) in [5.41, 5.74) is 0. The molecule has 1 unspecified atom stereocenters. The zero-order valence-electron chi connectivity index (χ0n) is 13.6. The molecule has 0 saturated carbocycles. The number of hydrogen-bond acceptors (Lipinski definition) is 5. The van der Waals surface area contributed by atoms with Crippen LogP contribution in [0.1, 0.15) is 26.2 Å². The molecule has 0 aromatic carbocycles. The van der Waals surface area contributed by atoms with Crippen molar-refractivity contribution in [1.29, 1.82) is 0 Å². The van der Waals surface area contributed by atoms with Crippen LogP contribution in [0.25, 0.3) is 0 Å². The van der Waals surface area contributed by atoms with Gasteiger partial charge in [-0.15, -0.1) is 0 Å². The molecule has 1 aromatic heterocycles. The van der Waals surface area contributed by atoms with Crippen LogP contribution in [0.15, 0.2) is 23.2 Å². The van der Waals surface area contributed by atoms with Crippen molar-refractivity contribution in [2.24, 2.45) is 5.92 Å². The van der Waals surface area contributed by atoms with E-state index in [1.54, 1.807) is 6.07 Å². The fourth-order valence-electron chi connectivity index (χ4n) is 2.63. The number of carbonyl (C=O) groups is 1. The fourth-order valence-corrected chi connectivity index (χ4v) is 3.30. The number of nitrogens with zero attached hydrogens (tertiary/aromatic N) is 2. The first-order chi connectivity index (χ1) is 11.0. The summed E-state index contributed by atoms with van der Waals surface area (Å²) in [6.07, 6.45) is 4.06. The molecule has 1 aromatic rings. The minimum atomic E-state index is -3.48. The van der Waals surface area contributed by atoms with Crippen LogP contribution in [0.3, 0.4) is 0 Å².